The Kier molecular flexibility index (Phi) is 3.71. The first kappa shape index (κ1) is 11.3. The fourth-order valence-corrected chi connectivity index (χ4v) is 1.68. The molecule has 1 N–H and O–H groups in total. The van der Waals surface area contributed by atoms with Gasteiger partial charge in [0.05, 0.1) is 13.2 Å². The first-order chi connectivity index (χ1) is 6.60. The largest absolute Gasteiger partial charge is 0.467 e. The van der Waals surface area contributed by atoms with E-state index in [1.54, 1.807) is 0 Å². The van der Waals surface area contributed by atoms with Gasteiger partial charge in [-0.1, -0.05) is 0 Å². The van der Waals surface area contributed by atoms with Gasteiger partial charge < -0.3 is 14.7 Å². The van der Waals surface area contributed by atoms with Crippen LogP contribution in [0.3, 0.4) is 0 Å². The number of aliphatic hydroxyl groups excluding tert-OH is 1. The van der Waals surface area contributed by atoms with Crippen LogP contribution < -0.4 is 0 Å². The molecule has 0 aromatic rings. The molecular weight excluding hydrogens is 210 g/mol. The molecule has 0 spiro atoms. The summed E-state index contributed by atoms with van der Waals surface area (Å²) >= 11 is 5.37. The summed E-state index contributed by atoms with van der Waals surface area (Å²) in [5.74, 6) is -1.07. The lowest BCUT2D eigenvalue weighted by Gasteiger charge is -2.20. The first-order valence-corrected chi connectivity index (χ1v) is 4.75. The molecule has 1 heterocycles. The Morgan fingerprint density at radius 1 is 1.64 bits per heavy atom. The van der Waals surface area contributed by atoms with E-state index in [9.17, 15) is 14.7 Å². The van der Waals surface area contributed by atoms with Crippen molar-refractivity contribution in [3.05, 3.63) is 0 Å². The molecule has 1 saturated heterocycles. The van der Waals surface area contributed by atoms with Crippen molar-refractivity contribution in [2.75, 3.05) is 19.5 Å². The van der Waals surface area contributed by atoms with Gasteiger partial charge in [0.15, 0.2) is 0 Å². The first-order valence-electron chi connectivity index (χ1n) is 4.21. The van der Waals surface area contributed by atoms with Crippen molar-refractivity contribution >= 4 is 23.5 Å². The number of hydrogen-bond acceptors (Lipinski definition) is 4. The quantitative estimate of drug-likeness (QED) is 0.498. The number of halogens is 1. The number of ether oxygens (including phenoxy) is 1. The topological polar surface area (TPSA) is 66.8 Å². The van der Waals surface area contributed by atoms with Crippen LogP contribution in [0.4, 0.5) is 0 Å². The maximum atomic E-state index is 11.3. The number of hydrogen-bond donors (Lipinski definition) is 1. The highest BCUT2D eigenvalue weighted by molar-refractivity contribution is 6.27. The molecule has 0 saturated carbocycles. The zero-order valence-corrected chi connectivity index (χ0v) is 8.53. The summed E-state index contributed by atoms with van der Waals surface area (Å²) in [6, 6.07) is -0.693. The standard InChI is InChI=1S/C8H12ClNO4/c1-14-8(13)6-2-5(11)4-10(6)7(12)3-9/h5-6,11H,2-4H2,1H3/t5?,6-/m0/s1. The SMILES string of the molecule is COC(=O)[C@@H]1CC(O)CN1C(=O)CCl. The Morgan fingerprint density at radius 2 is 2.29 bits per heavy atom. The van der Waals surface area contributed by atoms with Gasteiger partial charge in [0, 0.05) is 13.0 Å². The van der Waals surface area contributed by atoms with Crippen LogP contribution in [0.25, 0.3) is 0 Å². The summed E-state index contributed by atoms with van der Waals surface area (Å²) in [5, 5.41) is 9.31. The molecule has 0 bridgehead atoms. The fraction of sp³-hybridized carbons (Fsp3) is 0.750. The van der Waals surface area contributed by atoms with Crippen LogP contribution in [-0.4, -0.2) is 53.6 Å². The molecule has 1 rings (SSSR count). The summed E-state index contributed by atoms with van der Waals surface area (Å²) in [4.78, 5) is 23.7. The van der Waals surface area contributed by atoms with E-state index >= 15 is 0 Å². The van der Waals surface area contributed by atoms with Gasteiger partial charge in [-0.05, 0) is 0 Å². The van der Waals surface area contributed by atoms with Crippen molar-refractivity contribution in [2.45, 2.75) is 18.6 Å². The van der Waals surface area contributed by atoms with Crippen molar-refractivity contribution in [3.63, 3.8) is 0 Å². The summed E-state index contributed by atoms with van der Waals surface area (Å²) in [6.45, 7) is 0.144. The van der Waals surface area contributed by atoms with Crippen LogP contribution in [0.5, 0.6) is 0 Å². The van der Waals surface area contributed by atoms with E-state index < -0.39 is 18.1 Å². The molecule has 14 heavy (non-hydrogen) atoms. The van der Waals surface area contributed by atoms with Gasteiger partial charge in [-0.15, -0.1) is 11.6 Å². The van der Waals surface area contributed by atoms with Crippen molar-refractivity contribution in [3.8, 4) is 0 Å². The van der Waals surface area contributed by atoms with Crippen LogP contribution >= 0.6 is 11.6 Å². The molecule has 1 amide bonds. The number of amides is 1. The van der Waals surface area contributed by atoms with Crippen molar-refractivity contribution in [2.24, 2.45) is 0 Å². The molecule has 1 unspecified atom stereocenters. The summed E-state index contributed by atoms with van der Waals surface area (Å²) < 4.78 is 4.52. The van der Waals surface area contributed by atoms with Crippen LogP contribution in [-0.2, 0) is 14.3 Å². The predicted octanol–water partition coefficient (Wildman–Crippen LogP) is -0.640. The second-order valence-corrected chi connectivity index (χ2v) is 3.38. The van der Waals surface area contributed by atoms with Gasteiger partial charge in [0.2, 0.25) is 5.91 Å². The van der Waals surface area contributed by atoms with Crippen LogP contribution in [0, 0.1) is 0 Å². The van der Waals surface area contributed by atoms with E-state index in [0.29, 0.717) is 0 Å². The Balaban J connectivity index is 2.72. The van der Waals surface area contributed by atoms with E-state index in [4.69, 9.17) is 11.6 Å². The number of carbonyl (C=O) groups excluding carboxylic acids is 2. The smallest absolute Gasteiger partial charge is 0.328 e. The average Bonchev–Trinajstić information content (AvgIpc) is 2.58. The Labute approximate surface area is 86.6 Å². The molecule has 80 valence electrons. The number of β-amino-alcohol motifs (C(OH)–C–C–N with tert-alkyl or cyclic N) is 1. The highest BCUT2D eigenvalue weighted by atomic mass is 35.5. The van der Waals surface area contributed by atoms with Crippen LogP contribution in [0.2, 0.25) is 0 Å². The van der Waals surface area contributed by atoms with Crippen molar-refractivity contribution in [1.82, 2.24) is 4.90 Å². The molecule has 0 radical (unpaired) electrons. The fourth-order valence-electron chi connectivity index (χ4n) is 1.53. The highest BCUT2D eigenvalue weighted by Crippen LogP contribution is 2.19. The second-order valence-electron chi connectivity index (χ2n) is 3.11. The number of aliphatic hydroxyl groups is 1. The number of alkyl halides is 1. The minimum absolute atomic E-state index is 0.144. The Hall–Kier alpha value is -0.810. The third-order valence-electron chi connectivity index (χ3n) is 2.19. The molecule has 1 aliphatic heterocycles. The van der Waals surface area contributed by atoms with Crippen molar-refractivity contribution in [1.29, 1.82) is 0 Å². The van der Waals surface area contributed by atoms with Gasteiger partial charge in [0.25, 0.3) is 0 Å². The molecule has 2 atom stereocenters. The third kappa shape index (κ3) is 2.16. The molecule has 1 aliphatic rings. The van der Waals surface area contributed by atoms with Crippen molar-refractivity contribution < 1.29 is 19.4 Å². The molecular formula is C8H12ClNO4. The van der Waals surface area contributed by atoms with Gasteiger partial charge in [0.1, 0.15) is 11.9 Å². The molecule has 0 aliphatic carbocycles. The average molecular weight is 222 g/mol. The zero-order valence-electron chi connectivity index (χ0n) is 7.77. The van der Waals surface area contributed by atoms with Gasteiger partial charge >= 0.3 is 5.97 Å². The number of methoxy groups -OCH3 is 1. The second kappa shape index (κ2) is 4.61. The van der Waals surface area contributed by atoms with E-state index in [0.717, 1.165) is 0 Å². The molecule has 1 fully saturated rings. The number of nitrogens with zero attached hydrogens (tertiary/aromatic N) is 1. The highest BCUT2D eigenvalue weighted by Gasteiger charge is 2.39. The van der Waals surface area contributed by atoms with Crippen LogP contribution in [0.15, 0.2) is 0 Å². The Bertz CT molecular complexity index is 221. The summed E-state index contributed by atoms with van der Waals surface area (Å²) in [5.41, 5.74) is 0. The lowest BCUT2D eigenvalue weighted by Crippen LogP contribution is -2.41. The normalized spacial score (nSPS) is 26.4. The van der Waals surface area contributed by atoms with E-state index in [1.807, 2.05) is 0 Å². The maximum Gasteiger partial charge on any atom is 0.328 e. The van der Waals surface area contributed by atoms with E-state index in [1.165, 1.54) is 12.0 Å². The lowest BCUT2D eigenvalue weighted by atomic mass is 10.2. The third-order valence-corrected chi connectivity index (χ3v) is 2.42. The van der Waals surface area contributed by atoms with Gasteiger partial charge in [-0.2, -0.15) is 0 Å². The van der Waals surface area contributed by atoms with Crippen LogP contribution in [0.1, 0.15) is 6.42 Å². The zero-order chi connectivity index (χ0) is 10.7. The van der Waals surface area contributed by atoms with Gasteiger partial charge in [-0.25, -0.2) is 4.79 Å². The molecule has 0 aromatic heterocycles. The molecule has 6 heteroatoms. The predicted molar refractivity (Wildman–Crippen MR) is 48.9 cm³/mol. The molecule has 5 nitrogen and oxygen atoms in total. The lowest BCUT2D eigenvalue weighted by molar-refractivity contribution is -0.150. The minimum atomic E-state index is -0.693. The van der Waals surface area contributed by atoms with E-state index in [2.05, 4.69) is 4.74 Å². The number of rotatable bonds is 2. The van der Waals surface area contributed by atoms with E-state index in [-0.39, 0.29) is 24.8 Å². The number of carbonyl (C=O) groups is 2. The summed E-state index contributed by atoms with van der Waals surface area (Å²) in [7, 11) is 1.25. The maximum absolute atomic E-state index is 11.3. The summed E-state index contributed by atoms with van der Waals surface area (Å²) in [6.07, 6.45) is -0.457. The Morgan fingerprint density at radius 3 is 2.79 bits per heavy atom. The number of likely N-dealkylation sites (tertiary alicyclic amines) is 1. The molecule has 0 aromatic carbocycles. The van der Waals surface area contributed by atoms with Gasteiger partial charge in [-0.3, -0.25) is 4.79 Å². The minimum Gasteiger partial charge on any atom is -0.467 e. The number of esters is 1. The monoisotopic (exact) mass is 221 g/mol.